The molecule has 1 N–H and O–H groups in total. The monoisotopic (exact) mass is 330 g/mol. The smallest absolute Gasteiger partial charge is 0.251 e. The Labute approximate surface area is 145 Å². The van der Waals surface area contributed by atoms with Gasteiger partial charge in [0.15, 0.2) is 0 Å². The molecule has 0 unspecified atom stereocenters. The Balaban J connectivity index is 1.52. The van der Waals surface area contributed by atoms with E-state index in [0.29, 0.717) is 5.92 Å². The van der Waals surface area contributed by atoms with Crippen LogP contribution in [0, 0.1) is 5.92 Å². The summed E-state index contributed by atoms with van der Waals surface area (Å²) in [5.74, 6) is 0.613. The van der Waals surface area contributed by atoms with Crippen LogP contribution in [0.25, 0.3) is 0 Å². The Kier molecular flexibility index (Phi) is 6.67. The molecule has 1 aromatic rings. The van der Waals surface area contributed by atoms with Crippen molar-refractivity contribution in [3.8, 4) is 0 Å². The Bertz CT molecular complexity index is 518. The molecule has 2 aliphatic heterocycles. The van der Waals surface area contributed by atoms with Crippen molar-refractivity contribution in [1.82, 2.24) is 10.2 Å². The van der Waals surface area contributed by atoms with Crippen LogP contribution in [-0.4, -0.2) is 43.7 Å². The molecule has 1 amide bonds. The molecular formula is C20H30N2O2. The average Bonchev–Trinajstić information content (AvgIpc) is 2.89. The molecule has 3 rings (SSSR count). The standard InChI is InChI=1S/C20H30N2O2/c23-20(21-15-17-8-12-24-13-9-17)19-7-5-6-18(14-19)16-22-10-3-1-2-4-11-22/h5-7,14,17H,1-4,8-13,15-16H2,(H,21,23). The van der Waals surface area contributed by atoms with Gasteiger partial charge in [-0.05, 0) is 62.4 Å². The molecule has 2 fully saturated rings. The zero-order valence-electron chi connectivity index (χ0n) is 14.6. The number of hydrogen-bond acceptors (Lipinski definition) is 3. The summed E-state index contributed by atoms with van der Waals surface area (Å²) in [6, 6.07) is 8.13. The lowest BCUT2D eigenvalue weighted by Gasteiger charge is -2.22. The molecular weight excluding hydrogens is 300 g/mol. The first-order chi connectivity index (χ1) is 11.8. The maximum atomic E-state index is 12.4. The quantitative estimate of drug-likeness (QED) is 0.901. The van der Waals surface area contributed by atoms with E-state index in [1.165, 1.54) is 44.3 Å². The number of benzene rings is 1. The summed E-state index contributed by atoms with van der Waals surface area (Å²) in [5.41, 5.74) is 2.03. The Hall–Kier alpha value is -1.39. The third-order valence-corrected chi connectivity index (χ3v) is 5.19. The first-order valence-electron chi connectivity index (χ1n) is 9.48. The summed E-state index contributed by atoms with van der Waals surface area (Å²) >= 11 is 0. The number of likely N-dealkylation sites (tertiary alicyclic amines) is 1. The third-order valence-electron chi connectivity index (χ3n) is 5.19. The van der Waals surface area contributed by atoms with Crippen LogP contribution in [0.15, 0.2) is 24.3 Å². The van der Waals surface area contributed by atoms with Crippen molar-refractivity contribution in [2.45, 2.75) is 45.1 Å². The molecule has 132 valence electrons. The Morgan fingerprint density at radius 2 is 1.88 bits per heavy atom. The van der Waals surface area contributed by atoms with Crippen molar-refractivity contribution < 1.29 is 9.53 Å². The van der Waals surface area contributed by atoms with Crippen LogP contribution in [0.3, 0.4) is 0 Å². The van der Waals surface area contributed by atoms with E-state index >= 15 is 0 Å². The normalized spacial score (nSPS) is 20.5. The van der Waals surface area contributed by atoms with Crippen molar-refractivity contribution >= 4 is 5.91 Å². The lowest BCUT2D eigenvalue weighted by atomic mass is 10.0. The average molecular weight is 330 g/mol. The van der Waals surface area contributed by atoms with Crippen LogP contribution in [0.1, 0.15) is 54.4 Å². The zero-order chi connectivity index (χ0) is 16.6. The summed E-state index contributed by atoms with van der Waals surface area (Å²) in [4.78, 5) is 15.0. The van der Waals surface area contributed by atoms with E-state index in [2.05, 4.69) is 22.3 Å². The molecule has 2 aliphatic rings. The number of rotatable bonds is 5. The predicted molar refractivity (Wildman–Crippen MR) is 96.1 cm³/mol. The Morgan fingerprint density at radius 3 is 2.62 bits per heavy atom. The van der Waals surface area contributed by atoms with Crippen LogP contribution < -0.4 is 5.32 Å². The van der Waals surface area contributed by atoms with Gasteiger partial charge in [-0.15, -0.1) is 0 Å². The van der Waals surface area contributed by atoms with Gasteiger partial charge in [0.2, 0.25) is 0 Å². The van der Waals surface area contributed by atoms with Gasteiger partial charge >= 0.3 is 0 Å². The van der Waals surface area contributed by atoms with Crippen molar-refractivity contribution in [1.29, 1.82) is 0 Å². The second-order valence-electron chi connectivity index (χ2n) is 7.16. The van der Waals surface area contributed by atoms with Gasteiger partial charge in [-0.1, -0.05) is 25.0 Å². The maximum Gasteiger partial charge on any atom is 0.251 e. The second kappa shape index (κ2) is 9.19. The fourth-order valence-corrected chi connectivity index (χ4v) is 3.65. The fraction of sp³-hybridized carbons (Fsp3) is 0.650. The van der Waals surface area contributed by atoms with Gasteiger partial charge in [-0.2, -0.15) is 0 Å². The number of ether oxygens (including phenoxy) is 1. The number of amides is 1. The molecule has 0 radical (unpaired) electrons. The number of nitrogens with one attached hydrogen (secondary N) is 1. The third kappa shape index (κ3) is 5.32. The molecule has 4 nitrogen and oxygen atoms in total. The molecule has 1 aromatic carbocycles. The maximum absolute atomic E-state index is 12.4. The summed E-state index contributed by atoms with van der Waals surface area (Å²) < 4.78 is 5.37. The van der Waals surface area contributed by atoms with E-state index < -0.39 is 0 Å². The number of hydrogen-bond donors (Lipinski definition) is 1. The van der Waals surface area contributed by atoms with Crippen molar-refractivity contribution in [2.24, 2.45) is 5.92 Å². The van der Waals surface area contributed by atoms with Crippen molar-refractivity contribution in [2.75, 3.05) is 32.8 Å². The number of nitrogens with zero attached hydrogens (tertiary/aromatic N) is 1. The lowest BCUT2D eigenvalue weighted by Crippen LogP contribution is -2.32. The number of carbonyl (C=O) groups excluding carboxylic acids is 1. The first-order valence-corrected chi connectivity index (χ1v) is 9.48. The molecule has 4 heteroatoms. The Morgan fingerprint density at radius 1 is 1.12 bits per heavy atom. The summed E-state index contributed by atoms with van der Waals surface area (Å²) in [5, 5.41) is 3.10. The molecule has 24 heavy (non-hydrogen) atoms. The molecule has 0 aromatic heterocycles. The molecule has 0 aliphatic carbocycles. The highest BCUT2D eigenvalue weighted by Gasteiger charge is 2.16. The zero-order valence-corrected chi connectivity index (χ0v) is 14.6. The van der Waals surface area contributed by atoms with Gasteiger partial charge in [0.05, 0.1) is 0 Å². The van der Waals surface area contributed by atoms with Crippen LogP contribution >= 0.6 is 0 Å². The number of carbonyl (C=O) groups is 1. The van der Waals surface area contributed by atoms with E-state index in [0.717, 1.165) is 44.7 Å². The summed E-state index contributed by atoms with van der Waals surface area (Å²) in [6.07, 6.45) is 7.40. The highest BCUT2D eigenvalue weighted by Crippen LogP contribution is 2.15. The second-order valence-corrected chi connectivity index (χ2v) is 7.16. The van der Waals surface area contributed by atoms with Gasteiger partial charge < -0.3 is 10.1 Å². The minimum atomic E-state index is 0.0548. The van der Waals surface area contributed by atoms with Crippen LogP contribution in [0.4, 0.5) is 0 Å². The lowest BCUT2D eigenvalue weighted by molar-refractivity contribution is 0.0642. The van der Waals surface area contributed by atoms with Crippen molar-refractivity contribution in [3.05, 3.63) is 35.4 Å². The minimum absolute atomic E-state index is 0.0548. The van der Waals surface area contributed by atoms with Gasteiger partial charge in [0, 0.05) is 31.9 Å². The largest absolute Gasteiger partial charge is 0.381 e. The highest BCUT2D eigenvalue weighted by molar-refractivity contribution is 5.94. The molecule has 0 bridgehead atoms. The molecule has 2 heterocycles. The highest BCUT2D eigenvalue weighted by atomic mass is 16.5. The summed E-state index contributed by atoms with van der Waals surface area (Å²) in [7, 11) is 0. The van der Waals surface area contributed by atoms with E-state index in [9.17, 15) is 4.79 Å². The molecule has 2 saturated heterocycles. The van der Waals surface area contributed by atoms with Crippen LogP contribution in [0.2, 0.25) is 0 Å². The van der Waals surface area contributed by atoms with Gasteiger partial charge in [-0.25, -0.2) is 0 Å². The van der Waals surface area contributed by atoms with E-state index in [-0.39, 0.29) is 5.91 Å². The SMILES string of the molecule is O=C(NCC1CCOCC1)c1cccc(CN2CCCCCC2)c1. The first kappa shape index (κ1) is 17.4. The van der Waals surface area contributed by atoms with Gasteiger partial charge in [-0.3, -0.25) is 9.69 Å². The minimum Gasteiger partial charge on any atom is -0.381 e. The van der Waals surface area contributed by atoms with Gasteiger partial charge in [0.1, 0.15) is 0 Å². The molecule has 0 atom stereocenters. The van der Waals surface area contributed by atoms with Gasteiger partial charge in [0.25, 0.3) is 5.91 Å². The van der Waals surface area contributed by atoms with Crippen molar-refractivity contribution in [3.63, 3.8) is 0 Å². The topological polar surface area (TPSA) is 41.6 Å². The van der Waals surface area contributed by atoms with E-state index in [1.54, 1.807) is 0 Å². The van der Waals surface area contributed by atoms with E-state index in [1.807, 2.05) is 12.1 Å². The predicted octanol–water partition coefficient (Wildman–Crippen LogP) is 3.22. The van der Waals surface area contributed by atoms with E-state index in [4.69, 9.17) is 4.74 Å². The van der Waals surface area contributed by atoms with Crippen LogP contribution in [-0.2, 0) is 11.3 Å². The molecule has 0 spiro atoms. The molecule has 0 saturated carbocycles. The fourth-order valence-electron chi connectivity index (χ4n) is 3.65. The summed E-state index contributed by atoms with van der Waals surface area (Å²) in [6.45, 7) is 5.73. The van der Waals surface area contributed by atoms with Crippen LogP contribution in [0.5, 0.6) is 0 Å².